The number of hydrogen-bond donors (Lipinski definition) is 1. The molecule has 1 aliphatic heterocycles. The second kappa shape index (κ2) is 7.23. The predicted molar refractivity (Wildman–Crippen MR) is 90.1 cm³/mol. The maximum atomic E-state index is 12.4. The monoisotopic (exact) mass is 294 g/mol. The lowest BCUT2D eigenvalue weighted by Crippen LogP contribution is -2.41. The number of aryl methyl sites for hydroxylation is 1. The van der Waals surface area contributed by atoms with Gasteiger partial charge in [-0.3, -0.25) is 4.79 Å². The van der Waals surface area contributed by atoms with Crippen LogP contribution in [-0.2, 0) is 17.6 Å². The Hall–Kier alpha value is -2.13. The highest BCUT2D eigenvalue weighted by Gasteiger charge is 2.21. The molecule has 3 heteroatoms. The van der Waals surface area contributed by atoms with Crippen LogP contribution in [0.3, 0.4) is 0 Å². The molecule has 0 spiro atoms. The Balaban J connectivity index is 1.51. The van der Waals surface area contributed by atoms with E-state index in [2.05, 4.69) is 29.6 Å². The Kier molecular flexibility index (Phi) is 4.86. The molecule has 1 N–H and O–H groups in total. The first-order chi connectivity index (χ1) is 10.8. The second-order valence-electron chi connectivity index (χ2n) is 5.69. The first kappa shape index (κ1) is 14.8. The minimum absolute atomic E-state index is 0.167. The van der Waals surface area contributed by atoms with Crippen LogP contribution in [0.15, 0.2) is 54.6 Å². The Morgan fingerprint density at radius 3 is 2.68 bits per heavy atom. The van der Waals surface area contributed by atoms with Crippen molar-refractivity contribution in [1.82, 2.24) is 5.32 Å². The van der Waals surface area contributed by atoms with Crippen molar-refractivity contribution in [2.75, 3.05) is 24.5 Å². The summed E-state index contributed by atoms with van der Waals surface area (Å²) in [5.41, 5.74) is 3.67. The number of nitrogens with zero attached hydrogens (tertiary/aromatic N) is 1. The van der Waals surface area contributed by atoms with Crippen molar-refractivity contribution in [3.63, 3.8) is 0 Å². The lowest BCUT2D eigenvalue weighted by molar-refractivity contribution is -0.117. The summed E-state index contributed by atoms with van der Waals surface area (Å²) in [7, 11) is 0. The molecule has 0 saturated carbocycles. The fourth-order valence-electron chi connectivity index (χ4n) is 2.96. The van der Waals surface area contributed by atoms with E-state index in [1.165, 1.54) is 11.1 Å². The van der Waals surface area contributed by atoms with Gasteiger partial charge in [0.2, 0.25) is 5.91 Å². The van der Waals surface area contributed by atoms with Gasteiger partial charge in [-0.25, -0.2) is 0 Å². The van der Waals surface area contributed by atoms with Crippen LogP contribution < -0.4 is 10.2 Å². The number of para-hydroxylation sites is 1. The van der Waals surface area contributed by atoms with Gasteiger partial charge in [0.15, 0.2) is 0 Å². The molecule has 2 aromatic rings. The van der Waals surface area contributed by atoms with E-state index in [-0.39, 0.29) is 5.91 Å². The summed E-state index contributed by atoms with van der Waals surface area (Å²) in [6, 6.07) is 18.6. The van der Waals surface area contributed by atoms with Crippen LogP contribution in [0.4, 0.5) is 5.69 Å². The third-order valence-electron chi connectivity index (χ3n) is 4.12. The van der Waals surface area contributed by atoms with Crippen LogP contribution in [0.25, 0.3) is 0 Å². The summed E-state index contributed by atoms with van der Waals surface area (Å²) < 4.78 is 0. The molecule has 0 bridgehead atoms. The zero-order valence-electron chi connectivity index (χ0n) is 12.8. The molecule has 0 saturated heterocycles. The highest BCUT2D eigenvalue weighted by atomic mass is 16.2. The van der Waals surface area contributed by atoms with Crippen molar-refractivity contribution in [2.24, 2.45) is 0 Å². The molecular formula is C19H22N2O. The van der Waals surface area contributed by atoms with Crippen molar-refractivity contribution in [3.05, 3.63) is 65.7 Å². The first-order valence-electron chi connectivity index (χ1n) is 7.97. The van der Waals surface area contributed by atoms with Crippen molar-refractivity contribution in [1.29, 1.82) is 0 Å². The van der Waals surface area contributed by atoms with Crippen molar-refractivity contribution >= 4 is 11.6 Å². The normalized spacial score (nSPS) is 13.7. The third kappa shape index (κ3) is 3.55. The van der Waals surface area contributed by atoms with Gasteiger partial charge in [0.25, 0.3) is 0 Å². The summed E-state index contributed by atoms with van der Waals surface area (Å²) in [5.74, 6) is 0.167. The molecule has 114 valence electrons. The Labute approximate surface area is 132 Å². The molecule has 0 unspecified atom stereocenters. The van der Waals surface area contributed by atoms with E-state index in [0.717, 1.165) is 38.0 Å². The molecule has 1 amide bonds. The highest BCUT2D eigenvalue weighted by molar-refractivity contribution is 5.95. The quantitative estimate of drug-likeness (QED) is 0.860. The molecule has 3 nitrogen and oxygen atoms in total. The largest absolute Gasteiger partial charge is 0.311 e. The smallest absolute Gasteiger partial charge is 0.240 e. The average Bonchev–Trinajstić information content (AvgIpc) is 2.59. The molecule has 0 aromatic heterocycles. The molecule has 22 heavy (non-hydrogen) atoms. The van der Waals surface area contributed by atoms with Crippen LogP contribution in [-0.4, -0.2) is 25.5 Å². The van der Waals surface area contributed by atoms with Gasteiger partial charge in [0.1, 0.15) is 0 Å². The van der Waals surface area contributed by atoms with Crippen LogP contribution in [0.5, 0.6) is 0 Å². The zero-order valence-corrected chi connectivity index (χ0v) is 12.8. The van der Waals surface area contributed by atoms with Crippen LogP contribution in [0.2, 0.25) is 0 Å². The van der Waals surface area contributed by atoms with Gasteiger partial charge in [-0.1, -0.05) is 48.5 Å². The summed E-state index contributed by atoms with van der Waals surface area (Å²) in [4.78, 5) is 14.4. The highest BCUT2D eigenvalue weighted by Crippen LogP contribution is 2.26. The van der Waals surface area contributed by atoms with E-state index < -0.39 is 0 Å². The van der Waals surface area contributed by atoms with E-state index in [4.69, 9.17) is 0 Å². The van der Waals surface area contributed by atoms with Gasteiger partial charge in [0, 0.05) is 12.2 Å². The SMILES string of the molecule is O=C(CNCCc1ccccc1)N1CCCc2ccccc21. The molecule has 0 atom stereocenters. The topological polar surface area (TPSA) is 32.3 Å². The number of anilines is 1. The molecule has 1 heterocycles. The minimum Gasteiger partial charge on any atom is -0.311 e. The van der Waals surface area contributed by atoms with Crippen molar-refractivity contribution in [2.45, 2.75) is 19.3 Å². The molecule has 0 fully saturated rings. The summed E-state index contributed by atoms with van der Waals surface area (Å²) in [6.45, 7) is 2.06. The number of carbonyl (C=O) groups excluding carboxylic acids is 1. The van der Waals surface area contributed by atoms with Crippen molar-refractivity contribution in [3.8, 4) is 0 Å². The molecule has 1 aliphatic rings. The number of nitrogens with one attached hydrogen (secondary N) is 1. The van der Waals surface area contributed by atoms with E-state index >= 15 is 0 Å². The fraction of sp³-hybridized carbons (Fsp3) is 0.316. The molecule has 0 aliphatic carbocycles. The summed E-state index contributed by atoms with van der Waals surface area (Å²) in [6.07, 6.45) is 3.07. The van der Waals surface area contributed by atoms with Gasteiger partial charge in [-0.2, -0.15) is 0 Å². The number of fused-ring (bicyclic) bond motifs is 1. The van der Waals surface area contributed by atoms with E-state index in [9.17, 15) is 4.79 Å². The minimum atomic E-state index is 0.167. The lowest BCUT2D eigenvalue weighted by atomic mass is 10.0. The van der Waals surface area contributed by atoms with Crippen LogP contribution in [0, 0.1) is 0 Å². The van der Waals surface area contributed by atoms with Gasteiger partial charge >= 0.3 is 0 Å². The predicted octanol–water partition coefficient (Wildman–Crippen LogP) is 2.80. The molecule has 3 rings (SSSR count). The fourth-order valence-corrected chi connectivity index (χ4v) is 2.96. The van der Waals surface area contributed by atoms with E-state index in [1.807, 2.05) is 35.2 Å². The van der Waals surface area contributed by atoms with Crippen molar-refractivity contribution < 1.29 is 4.79 Å². The third-order valence-corrected chi connectivity index (χ3v) is 4.12. The first-order valence-corrected chi connectivity index (χ1v) is 7.97. The van der Waals surface area contributed by atoms with Crippen LogP contribution in [0.1, 0.15) is 17.5 Å². The number of benzene rings is 2. The van der Waals surface area contributed by atoms with E-state index in [1.54, 1.807) is 0 Å². The number of carbonyl (C=O) groups is 1. The Bertz CT molecular complexity index is 624. The number of rotatable bonds is 5. The number of amides is 1. The average molecular weight is 294 g/mol. The Morgan fingerprint density at radius 1 is 1.05 bits per heavy atom. The van der Waals surface area contributed by atoms with Gasteiger partial charge in [-0.15, -0.1) is 0 Å². The maximum absolute atomic E-state index is 12.4. The van der Waals surface area contributed by atoms with Gasteiger partial charge < -0.3 is 10.2 Å². The summed E-state index contributed by atoms with van der Waals surface area (Å²) in [5, 5.41) is 3.27. The molecular weight excluding hydrogens is 272 g/mol. The Morgan fingerprint density at radius 2 is 1.82 bits per heavy atom. The molecule has 0 radical (unpaired) electrons. The number of hydrogen-bond acceptors (Lipinski definition) is 2. The maximum Gasteiger partial charge on any atom is 0.240 e. The van der Waals surface area contributed by atoms with Gasteiger partial charge in [0.05, 0.1) is 6.54 Å². The van der Waals surface area contributed by atoms with Gasteiger partial charge in [-0.05, 0) is 43.0 Å². The standard InChI is InChI=1S/C19H22N2O/c22-19(15-20-13-12-16-7-2-1-3-8-16)21-14-6-10-17-9-4-5-11-18(17)21/h1-5,7-9,11,20H,6,10,12-15H2. The molecule has 2 aromatic carbocycles. The second-order valence-corrected chi connectivity index (χ2v) is 5.69. The van der Waals surface area contributed by atoms with E-state index in [0.29, 0.717) is 6.54 Å². The lowest BCUT2D eigenvalue weighted by Gasteiger charge is -2.29. The summed E-state index contributed by atoms with van der Waals surface area (Å²) >= 11 is 0. The zero-order chi connectivity index (χ0) is 15.2. The van der Waals surface area contributed by atoms with Crippen LogP contribution >= 0.6 is 0 Å².